The maximum Gasteiger partial charge on any atom is 0.276 e. The van der Waals surface area contributed by atoms with Crippen LogP contribution in [0.1, 0.15) is 28.4 Å². The Labute approximate surface area is 169 Å². The van der Waals surface area contributed by atoms with Gasteiger partial charge in [-0.3, -0.25) is 25.8 Å². The van der Waals surface area contributed by atoms with E-state index in [2.05, 4.69) is 16.2 Å². The molecule has 0 atom stereocenters. The van der Waals surface area contributed by atoms with Gasteiger partial charge in [-0.25, -0.2) is 0 Å². The van der Waals surface area contributed by atoms with Crippen molar-refractivity contribution in [3.8, 4) is 11.5 Å². The molecule has 2 aromatic rings. The first-order valence-electron chi connectivity index (χ1n) is 8.72. The molecule has 0 spiro atoms. The summed E-state index contributed by atoms with van der Waals surface area (Å²) in [4.78, 5) is 24.0. The molecule has 2 aromatic carbocycles. The van der Waals surface area contributed by atoms with Crippen LogP contribution in [-0.2, 0) is 4.79 Å². The topological polar surface area (TPSA) is 88.7 Å². The molecule has 0 aromatic heterocycles. The predicted octanol–water partition coefficient (Wildman–Crippen LogP) is 2.42. The molecule has 0 saturated carbocycles. The van der Waals surface area contributed by atoms with Crippen LogP contribution >= 0.6 is 12.2 Å². The number of hydrazine groups is 1. The van der Waals surface area contributed by atoms with E-state index in [1.165, 1.54) is 0 Å². The van der Waals surface area contributed by atoms with Crippen LogP contribution in [0, 0.1) is 13.8 Å². The van der Waals surface area contributed by atoms with Gasteiger partial charge in [-0.2, -0.15) is 0 Å². The van der Waals surface area contributed by atoms with Crippen molar-refractivity contribution in [3.05, 3.63) is 59.2 Å². The fraction of sp³-hybridized carbons (Fsp3) is 0.250. The van der Waals surface area contributed by atoms with Gasteiger partial charge in [0.15, 0.2) is 11.7 Å². The van der Waals surface area contributed by atoms with Crippen LogP contribution in [0.25, 0.3) is 0 Å². The summed E-state index contributed by atoms with van der Waals surface area (Å²) in [5, 5.41) is 2.45. The SMILES string of the molecule is CCOc1ccc(C(=O)NC(=S)NNC(=O)COc2ccc(C)cc2C)cc1. The second kappa shape index (κ2) is 10.3. The van der Waals surface area contributed by atoms with E-state index >= 15 is 0 Å². The molecular formula is C20H23N3O4S. The molecule has 2 rings (SSSR count). The third-order valence-corrected chi connectivity index (χ3v) is 3.86. The highest BCUT2D eigenvalue weighted by molar-refractivity contribution is 7.80. The lowest BCUT2D eigenvalue weighted by Gasteiger charge is -2.12. The highest BCUT2D eigenvalue weighted by Crippen LogP contribution is 2.18. The average molecular weight is 401 g/mol. The van der Waals surface area contributed by atoms with Crippen molar-refractivity contribution in [2.24, 2.45) is 0 Å². The number of carbonyl (C=O) groups is 2. The Morgan fingerprint density at radius 2 is 1.71 bits per heavy atom. The van der Waals surface area contributed by atoms with Gasteiger partial charge in [-0.1, -0.05) is 17.7 Å². The summed E-state index contributed by atoms with van der Waals surface area (Å²) in [7, 11) is 0. The first-order valence-corrected chi connectivity index (χ1v) is 9.13. The Morgan fingerprint density at radius 1 is 1.00 bits per heavy atom. The fourth-order valence-corrected chi connectivity index (χ4v) is 2.49. The highest BCUT2D eigenvalue weighted by Gasteiger charge is 2.09. The minimum Gasteiger partial charge on any atom is -0.494 e. The Balaban J connectivity index is 1.75. The standard InChI is InChI=1S/C20H23N3O4S/c1-4-26-16-8-6-15(7-9-16)19(25)21-20(28)23-22-18(24)12-27-17-10-5-13(2)11-14(17)3/h5-11H,4,12H2,1-3H3,(H,22,24)(H2,21,23,25,28). The van der Waals surface area contributed by atoms with Crippen LogP contribution in [0.15, 0.2) is 42.5 Å². The number of benzene rings is 2. The predicted molar refractivity (Wildman–Crippen MR) is 110 cm³/mol. The zero-order valence-electron chi connectivity index (χ0n) is 16.0. The molecule has 0 saturated heterocycles. The minimum atomic E-state index is -0.433. The average Bonchev–Trinajstić information content (AvgIpc) is 2.66. The Bertz CT molecular complexity index is 853. The number of hydrogen-bond donors (Lipinski definition) is 3. The van der Waals surface area contributed by atoms with Crippen molar-refractivity contribution in [1.82, 2.24) is 16.2 Å². The van der Waals surface area contributed by atoms with E-state index in [9.17, 15) is 9.59 Å². The number of amides is 2. The lowest BCUT2D eigenvalue weighted by Crippen LogP contribution is -2.49. The molecule has 3 N–H and O–H groups in total. The lowest BCUT2D eigenvalue weighted by molar-refractivity contribution is -0.123. The number of thiocarbonyl (C=S) groups is 1. The molecule has 8 heteroatoms. The second-order valence-corrected chi connectivity index (χ2v) is 6.38. The Morgan fingerprint density at radius 3 is 2.36 bits per heavy atom. The van der Waals surface area contributed by atoms with E-state index in [0.29, 0.717) is 23.7 Å². The summed E-state index contributed by atoms with van der Waals surface area (Å²) in [5.74, 6) is 0.474. The zero-order valence-corrected chi connectivity index (χ0v) is 16.8. The Kier molecular flexibility index (Phi) is 7.76. The van der Waals surface area contributed by atoms with E-state index in [-0.39, 0.29) is 11.7 Å². The van der Waals surface area contributed by atoms with Gasteiger partial charge in [0.2, 0.25) is 0 Å². The number of ether oxygens (including phenoxy) is 2. The van der Waals surface area contributed by atoms with E-state index in [1.807, 2.05) is 39.0 Å². The first-order chi connectivity index (χ1) is 13.4. The molecule has 2 amide bonds. The van der Waals surface area contributed by atoms with E-state index in [4.69, 9.17) is 21.7 Å². The van der Waals surface area contributed by atoms with Gasteiger partial charge in [0.25, 0.3) is 11.8 Å². The number of hydrogen-bond acceptors (Lipinski definition) is 5. The number of nitrogens with one attached hydrogen (secondary N) is 3. The summed E-state index contributed by atoms with van der Waals surface area (Å²) < 4.78 is 10.8. The van der Waals surface area contributed by atoms with E-state index in [0.717, 1.165) is 11.1 Å². The molecule has 0 unspecified atom stereocenters. The van der Waals surface area contributed by atoms with E-state index in [1.54, 1.807) is 24.3 Å². The quantitative estimate of drug-likeness (QED) is 0.509. The van der Waals surface area contributed by atoms with Crippen molar-refractivity contribution in [2.75, 3.05) is 13.2 Å². The van der Waals surface area contributed by atoms with Crippen molar-refractivity contribution in [1.29, 1.82) is 0 Å². The molecule has 0 fully saturated rings. The second-order valence-electron chi connectivity index (χ2n) is 5.97. The summed E-state index contributed by atoms with van der Waals surface area (Å²) in [5.41, 5.74) is 7.32. The van der Waals surface area contributed by atoms with Crippen LogP contribution in [0.5, 0.6) is 11.5 Å². The maximum atomic E-state index is 12.1. The normalized spacial score (nSPS) is 9.96. The van der Waals surface area contributed by atoms with Gasteiger partial charge in [0.05, 0.1) is 6.61 Å². The van der Waals surface area contributed by atoms with Gasteiger partial charge in [0.1, 0.15) is 11.5 Å². The molecular weight excluding hydrogens is 378 g/mol. The smallest absolute Gasteiger partial charge is 0.276 e. The van der Waals surface area contributed by atoms with Crippen molar-refractivity contribution >= 4 is 29.1 Å². The molecule has 0 aliphatic rings. The summed E-state index contributed by atoms with van der Waals surface area (Å²) in [6.07, 6.45) is 0. The fourth-order valence-electron chi connectivity index (χ4n) is 2.34. The first kappa shape index (κ1) is 21.2. The van der Waals surface area contributed by atoms with Crippen LogP contribution in [0.2, 0.25) is 0 Å². The van der Waals surface area contributed by atoms with Crippen molar-refractivity contribution < 1.29 is 19.1 Å². The third-order valence-electron chi connectivity index (χ3n) is 3.66. The largest absolute Gasteiger partial charge is 0.494 e. The van der Waals surface area contributed by atoms with Crippen LogP contribution in [-0.4, -0.2) is 30.1 Å². The maximum absolute atomic E-state index is 12.1. The van der Waals surface area contributed by atoms with Gasteiger partial charge >= 0.3 is 0 Å². The van der Waals surface area contributed by atoms with Crippen molar-refractivity contribution in [2.45, 2.75) is 20.8 Å². The molecule has 0 bridgehead atoms. The summed E-state index contributed by atoms with van der Waals surface area (Å²) in [6, 6.07) is 12.3. The number of rotatable bonds is 6. The molecule has 28 heavy (non-hydrogen) atoms. The minimum absolute atomic E-state index is 0.0289. The Hall–Kier alpha value is -3.13. The number of carbonyl (C=O) groups excluding carboxylic acids is 2. The van der Waals surface area contributed by atoms with Gasteiger partial charge in [0, 0.05) is 5.56 Å². The molecule has 7 nitrogen and oxygen atoms in total. The van der Waals surface area contributed by atoms with Crippen LogP contribution < -0.4 is 25.6 Å². The zero-order chi connectivity index (χ0) is 20.5. The third kappa shape index (κ3) is 6.55. The monoisotopic (exact) mass is 401 g/mol. The molecule has 148 valence electrons. The van der Waals surface area contributed by atoms with E-state index < -0.39 is 11.8 Å². The van der Waals surface area contributed by atoms with Gasteiger partial charge in [-0.15, -0.1) is 0 Å². The molecule has 0 radical (unpaired) electrons. The molecule has 0 heterocycles. The lowest BCUT2D eigenvalue weighted by atomic mass is 10.1. The highest BCUT2D eigenvalue weighted by atomic mass is 32.1. The summed E-state index contributed by atoms with van der Waals surface area (Å²) >= 11 is 5.01. The van der Waals surface area contributed by atoms with Gasteiger partial charge < -0.3 is 9.47 Å². The molecule has 0 aliphatic heterocycles. The van der Waals surface area contributed by atoms with Crippen LogP contribution in [0.4, 0.5) is 0 Å². The molecule has 0 aliphatic carbocycles. The van der Waals surface area contributed by atoms with Gasteiger partial charge in [-0.05, 0) is 68.9 Å². The number of aryl methyl sites for hydroxylation is 2. The van der Waals surface area contributed by atoms with Crippen LogP contribution in [0.3, 0.4) is 0 Å². The summed E-state index contributed by atoms with van der Waals surface area (Å²) in [6.45, 7) is 6.13. The van der Waals surface area contributed by atoms with Crippen molar-refractivity contribution in [3.63, 3.8) is 0 Å².